The minimum atomic E-state index is -1.98. The summed E-state index contributed by atoms with van der Waals surface area (Å²) >= 11 is 0. The number of rotatable bonds is 49. The Hall–Kier alpha value is -2.25. The van der Waals surface area contributed by atoms with Crippen molar-refractivity contribution in [1.29, 1.82) is 0 Å². The van der Waals surface area contributed by atoms with Crippen LogP contribution in [0.3, 0.4) is 0 Å². The van der Waals surface area contributed by atoms with Gasteiger partial charge < -0.3 is 89.9 Å². The average Bonchev–Trinajstić information content (AvgIpc) is 2.86. The molecule has 0 spiro atoms. The van der Waals surface area contributed by atoms with Crippen molar-refractivity contribution >= 4 is 5.91 Å². The molecule has 84 heavy (non-hydrogen) atoms. The molecule has 19 heteroatoms. The van der Waals surface area contributed by atoms with Crippen LogP contribution in [0.1, 0.15) is 226 Å². The first-order valence-electron chi connectivity index (χ1n) is 32.9. The number of hydrogen-bond donors (Lipinski definition) is 12. The van der Waals surface area contributed by atoms with E-state index in [1.54, 1.807) is 6.08 Å². The van der Waals surface area contributed by atoms with Crippen LogP contribution in [0.15, 0.2) is 48.6 Å². The van der Waals surface area contributed by atoms with Gasteiger partial charge in [-0.05, 0) is 64.2 Å². The summed E-state index contributed by atoms with van der Waals surface area (Å²) in [5.74, 6) is -0.287. The molecule has 3 aliphatic rings. The molecule has 0 aromatic carbocycles. The van der Waals surface area contributed by atoms with Crippen molar-refractivity contribution in [3.63, 3.8) is 0 Å². The van der Waals surface area contributed by atoms with Crippen molar-refractivity contribution in [3.05, 3.63) is 48.6 Å². The first-order valence-corrected chi connectivity index (χ1v) is 32.9. The summed E-state index contributed by atoms with van der Waals surface area (Å²) in [7, 11) is 0. The Balaban J connectivity index is 1.38. The summed E-state index contributed by atoms with van der Waals surface area (Å²) in [6.45, 7) is 1.65. The molecular weight excluding hydrogens is 1080 g/mol. The number of ether oxygens (including phenoxy) is 6. The maximum Gasteiger partial charge on any atom is 0.220 e. The summed E-state index contributed by atoms with van der Waals surface area (Å²) < 4.78 is 34.2. The number of unbranched alkanes of at least 4 members (excludes halogenated alkanes) is 27. The molecule has 17 unspecified atom stereocenters. The van der Waals surface area contributed by atoms with E-state index in [0.717, 1.165) is 44.9 Å². The van der Waals surface area contributed by atoms with Crippen LogP contribution in [-0.2, 0) is 33.2 Å². The monoisotopic (exact) mass is 1200 g/mol. The minimum Gasteiger partial charge on any atom is -0.394 e. The maximum atomic E-state index is 13.3. The number of hydrogen-bond acceptors (Lipinski definition) is 18. The Kier molecular flexibility index (Phi) is 43.2. The molecule has 0 bridgehead atoms. The zero-order valence-corrected chi connectivity index (χ0v) is 51.4. The van der Waals surface area contributed by atoms with Crippen LogP contribution in [-0.4, -0.2) is 193 Å². The van der Waals surface area contributed by atoms with Crippen molar-refractivity contribution in [1.82, 2.24) is 5.32 Å². The molecule has 19 nitrogen and oxygen atoms in total. The lowest BCUT2D eigenvalue weighted by Gasteiger charge is -2.48. The number of aliphatic hydroxyl groups excluding tert-OH is 11. The van der Waals surface area contributed by atoms with Crippen LogP contribution in [0, 0.1) is 0 Å². The van der Waals surface area contributed by atoms with Gasteiger partial charge in [-0.1, -0.05) is 204 Å². The molecule has 1 amide bonds. The van der Waals surface area contributed by atoms with Gasteiger partial charge in [0.25, 0.3) is 0 Å². The van der Waals surface area contributed by atoms with Crippen LogP contribution < -0.4 is 5.32 Å². The average molecular weight is 1200 g/mol. The molecule has 0 aromatic heterocycles. The van der Waals surface area contributed by atoms with Crippen molar-refractivity contribution in [2.24, 2.45) is 0 Å². The Morgan fingerprint density at radius 1 is 0.429 bits per heavy atom. The number of allylic oxidation sites excluding steroid dienone is 7. The largest absolute Gasteiger partial charge is 0.394 e. The lowest BCUT2D eigenvalue weighted by molar-refractivity contribution is -0.379. The highest BCUT2D eigenvalue weighted by atomic mass is 16.8. The van der Waals surface area contributed by atoms with E-state index < -0.39 is 124 Å². The van der Waals surface area contributed by atoms with Crippen LogP contribution >= 0.6 is 0 Å². The second-order valence-electron chi connectivity index (χ2n) is 23.6. The molecule has 0 saturated carbocycles. The van der Waals surface area contributed by atoms with Crippen LogP contribution in [0.2, 0.25) is 0 Å². The molecule has 0 aliphatic carbocycles. The quantitative estimate of drug-likeness (QED) is 0.0208. The fourth-order valence-electron chi connectivity index (χ4n) is 10.9. The standard InChI is InChI=1S/C65H117NO18/c1-3-5-7-9-11-13-15-16-17-18-19-20-21-22-23-24-25-26-27-28-29-30-31-32-33-35-37-39-41-43-53(71)66-48(49(70)42-40-38-36-34-14-12-10-8-6-4-2)47-79-63-59(77)56(74)61(51(45-68)81-63)84-65-60(78)57(75)62(52(46-69)82-65)83-64-58(76)55(73)54(72)50(44-67)80-64/h14-16,18-19,34,40,42,48-52,54-65,67-70,72-78H,3-13,17,20-33,35-39,41,43-47H2,1-2H3,(H,66,71)/b16-15-,19-18-,34-14+,42-40+. The van der Waals surface area contributed by atoms with Crippen molar-refractivity contribution in [3.8, 4) is 0 Å². The third-order valence-corrected chi connectivity index (χ3v) is 16.3. The summed E-state index contributed by atoms with van der Waals surface area (Å²) in [5.41, 5.74) is 0. The molecule has 0 aromatic rings. The van der Waals surface area contributed by atoms with Crippen LogP contribution in [0.5, 0.6) is 0 Å². The Bertz CT molecular complexity index is 1720. The van der Waals surface area contributed by atoms with Gasteiger partial charge in [0, 0.05) is 6.42 Å². The number of amides is 1. The SMILES string of the molecule is CCCCCC/C=C/CC/C=C/C(O)C(COC1OC(CO)C(OC2OC(CO)C(OC3OC(CO)C(O)C(O)C3O)C(O)C2O)C(O)C1O)NC(=O)CCCCCCCCCCCCCCCCCCC/C=C\C/C=C\CCCCCCC. The molecule has 3 heterocycles. The minimum absolute atomic E-state index is 0.236. The van der Waals surface area contributed by atoms with Gasteiger partial charge in [-0.15, -0.1) is 0 Å². The summed E-state index contributed by atoms with van der Waals surface area (Å²) in [6, 6.07) is -0.988. The van der Waals surface area contributed by atoms with Crippen molar-refractivity contribution < 1.29 is 89.4 Å². The predicted octanol–water partition coefficient (Wildman–Crippen LogP) is 7.43. The molecule has 0 radical (unpaired) electrons. The lowest BCUT2D eigenvalue weighted by Crippen LogP contribution is -2.66. The van der Waals surface area contributed by atoms with Gasteiger partial charge >= 0.3 is 0 Å². The molecule has 3 saturated heterocycles. The van der Waals surface area contributed by atoms with Gasteiger partial charge in [-0.2, -0.15) is 0 Å². The zero-order valence-electron chi connectivity index (χ0n) is 51.4. The Morgan fingerprint density at radius 2 is 0.798 bits per heavy atom. The zero-order chi connectivity index (χ0) is 61.2. The number of nitrogens with one attached hydrogen (secondary N) is 1. The topological polar surface area (TPSA) is 307 Å². The van der Waals surface area contributed by atoms with Gasteiger partial charge in [0.1, 0.15) is 73.2 Å². The van der Waals surface area contributed by atoms with E-state index in [0.29, 0.717) is 12.8 Å². The second-order valence-corrected chi connectivity index (χ2v) is 23.6. The highest BCUT2D eigenvalue weighted by Crippen LogP contribution is 2.33. The molecule has 17 atom stereocenters. The molecule has 490 valence electrons. The number of carbonyl (C=O) groups excluding carboxylic acids is 1. The van der Waals surface area contributed by atoms with E-state index >= 15 is 0 Å². The first kappa shape index (κ1) is 76.0. The smallest absolute Gasteiger partial charge is 0.220 e. The van der Waals surface area contributed by atoms with Crippen LogP contribution in [0.25, 0.3) is 0 Å². The fourth-order valence-corrected chi connectivity index (χ4v) is 10.9. The predicted molar refractivity (Wildman–Crippen MR) is 323 cm³/mol. The molecular formula is C65H117NO18. The van der Waals surface area contributed by atoms with E-state index in [-0.39, 0.29) is 18.9 Å². The molecule has 3 aliphatic heterocycles. The Morgan fingerprint density at radius 3 is 1.27 bits per heavy atom. The normalized spacial score (nSPS) is 29.5. The third kappa shape index (κ3) is 30.3. The summed E-state index contributed by atoms with van der Waals surface area (Å²) in [5, 5.41) is 120. The maximum absolute atomic E-state index is 13.3. The van der Waals surface area contributed by atoms with Gasteiger partial charge in [-0.3, -0.25) is 4.79 Å². The first-order chi connectivity index (χ1) is 40.8. The Labute approximate surface area is 503 Å². The van der Waals surface area contributed by atoms with Crippen molar-refractivity contribution in [2.45, 2.75) is 330 Å². The number of carbonyl (C=O) groups is 1. The molecule has 3 fully saturated rings. The summed E-state index contributed by atoms with van der Waals surface area (Å²) in [6.07, 6.45) is 28.4. The van der Waals surface area contributed by atoms with E-state index in [1.165, 1.54) is 148 Å². The van der Waals surface area contributed by atoms with E-state index in [9.17, 15) is 61.0 Å². The highest BCUT2D eigenvalue weighted by Gasteiger charge is 2.53. The van der Waals surface area contributed by atoms with E-state index in [2.05, 4.69) is 55.6 Å². The van der Waals surface area contributed by atoms with Gasteiger partial charge in [0.2, 0.25) is 5.91 Å². The fraction of sp³-hybridized carbons (Fsp3) is 0.862. The van der Waals surface area contributed by atoms with E-state index in [1.807, 2.05) is 6.08 Å². The number of aliphatic hydroxyl groups is 11. The van der Waals surface area contributed by atoms with Crippen LogP contribution in [0.4, 0.5) is 0 Å². The van der Waals surface area contributed by atoms with Gasteiger partial charge in [-0.25, -0.2) is 0 Å². The second kappa shape index (κ2) is 47.7. The lowest BCUT2D eigenvalue weighted by atomic mass is 9.96. The molecule has 12 N–H and O–H groups in total. The third-order valence-electron chi connectivity index (χ3n) is 16.3. The highest BCUT2D eigenvalue weighted by molar-refractivity contribution is 5.76. The van der Waals surface area contributed by atoms with Gasteiger partial charge in [0.05, 0.1) is 38.6 Å². The molecule has 3 rings (SSSR count). The van der Waals surface area contributed by atoms with Crippen molar-refractivity contribution in [2.75, 3.05) is 26.4 Å². The van der Waals surface area contributed by atoms with E-state index in [4.69, 9.17) is 28.4 Å². The summed E-state index contributed by atoms with van der Waals surface area (Å²) in [4.78, 5) is 13.3. The van der Waals surface area contributed by atoms with Gasteiger partial charge in [0.15, 0.2) is 18.9 Å².